The highest BCUT2D eigenvalue weighted by atomic mass is 32.2. The number of fused-ring (bicyclic) bond motifs is 1. The van der Waals surface area contributed by atoms with Crippen LogP contribution in [-0.4, -0.2) is 21.8 Å². The fourth-order valence-corrected chi connectivity index (χ4v) is 2.15. The van der Waals surface area contributed by atoms with Gasteiger partial charge in [-0.15, -0.1) is 0 Å². The van der Waals surface area contributed by atoms with E-state index in [4.69, 9.17) is 0 Å². The summed E-state index contributed by atoms with van der Waals surface area (Å²) in [4.78, 5) is 4.46. The summed E-state index contributed by atoms with van der Waals surface area (Å²) in [6.07, 6.45) is 2.06. The van der Waals surface area contributed by atoms with Crippen LogP contribution in [0.5, 0.6) is 0 Å². The second-order valence-corrected chi connectivity index (χ2v) is 5.63. The molecule has 2 heterocycles. The van der Waals surface area contributed by atoms with Crippen molar-refractivity contribution in [2.75, 3.05) is 6.54 Å². The minimum Gasteiger partial charge on any atom is -0.256 e. The summed E-state index contributed by atoms with van der Waals surface area (Å²) in [5.41, 5.74) is 1.37. The van der Waals surface area contributed by atoms with Crippen molar-refractivity contribution >= 4 is 22.0 Å². The molecule has 0 spiro atoms. The number of hydrogen-bond acceptors (Lipinski definition) is 4. The molecule has 14 heavy (non-hydrogen) atoms. The lowest BCUT2D eigenvalue weighted by Gasteiger charge is -2.15. The molecular formula is C10H15N3S. The maximum absolute atomic E-state index is 4.54. The van der Waals surface area contributed by atoms with Gasteiger partial charge < -0.3 is 0 Å². The third kappa shape index (κ3) is 1.71. The van der Waals surface area contributed by atoms with E-state index < -0.39 is 0 Å². The van der Waals surface area contributed by atoms with Gasteiger partial charge in [-0.25, -0.2) is 5.01 Å². The minimum atomic E-state index is 0.117. The molecule has 0 fully saturated rings. The Morgan fingerprint density at radius 2 is 2.14 bits per heavy atom. The minimum absolute atomic E-state index is 0.117. The van der Waals surface area contributed by atoms with Gasteiger partial charge in [0.25, 0.3) is 0 Å². The Balaban J connectivity index is 2.26. The lowest BCUT2D eigenvalue weighted by Crippen LogP contribution is -2.17. The number of hydrazone groups is 1. The molecule has 0 bridgehead atoms. The van der Waals surface area contributed by atoms with Crippen LogP contribution in [0, 0.1) is 5.41 Å². The van der Waals surface area contributed by atoms with Crippen LogP contribution >= 0.6 is 11.8 Å². The predicted octanol–water partition coefficient (Wildman–Crippen LogP) is 2.67. The molecule has 0 aliphatic carbocycles. The summed E-state index contributed by atoms with van der Waals surface area (Å²) in [5, 5.41) is 8.59. The Morgan fingerprint density at radius 1 is 1.43 bits per heavy atom. The van der Waals surface area contributed by atoms with Crippen molar-refractivity contribution in [2.45, 2.75) is 27.7 Å². The van der Waals surface area contributed by atoms with E-state index in [0.29, 0.717) is 0 Å². The van der Waals surface area contributed by atoms with E-state index >= 15 is 0 Å². The van der Waals surface area contributed by atoms with Gasteiger partial charge in [0, 0.05) is 11.6 Å². The van der Waals surface area contributed by atoms with Crippen LogP contribution in [0.2, 0.25) is 0 Å². The van der Waals surface area contributed by atoms with Crippen molar-refractivity contribution in [3.63, 3.8) is 0 Å². The van der Waals surface area contributed by atoms with Crippen LogP contribution in [0.25, 0.3) is 0 Å². The smallest absolute Gasteiger partial charge is 0.190 e. The zero-order chi connectivity index (χ0) is 10.3. The van der Waals surface area contributed by atoms with E-state index in [-0.39, 0.29) is 5.41 Å². The number of amidine groups is 1. The Kier molecular flexibility index (Phi) is 2.18. The number of thioether (sulfide) groups is 1. The first kappa shape index (κ1) is 9.77. The number of aliphatic imine (C=N–C) groups is 1. The zero-order valence-electron chi connectivity index (χ0n) is 9.03. The molecule has 4 heteroatoms. The molecule has 3 nitrogen and oxygen atoms in total. The van der Waals surface area contributed by atoms with Gasteiger partial charge >= 0.3 is 0 Å². The third-order valence-electron chi connectivity index (χ3n) is 2.03. The highest BCUT2D eigenvalue weighted by Gasteiger charge is 2.31. The van der Waals surface area contributed by atoms with Crippen molar-refractivity contribution in [1.29, 1.82) is 0 Å². The van der Waals surface area contributed by atoms with Crippen LogP contribution in [0.3, 0.4) is 0 Å². The van der Waals surface area contributed by atoms with Crippen LogP contribution in [0.4, 0.5) is 0 Å². The lowest BCUT2D eigenvalue weighted by molar-refractivity contribution is 0.556. The molecule has 0 saturated heterocycles. The first-order valence-electron chi connectivity index (χ1n) is 4.75. The maximum Gasteiger partial charge on any atom is 0.190 e. The SMILES string of the molecule is CC1=CN2N=C(C(C)(C)C)SC2=NC1. The van der Waals surface area contributed by atoms with E-state index in [1.54, 1.807) is 11.8 Å². The lowest BCUT2D eigenvalue weighted by atomic mass is 9.99. The van der Waals surface area contributed by atoms with Crippen LogP contribution in [0.1, 0.15) is 27.7 Å². The quantitative estimate of drug-likeness (QED) is 0.613. The van der Waals surface area contributed by atoms with Crippen molar-refractivity contribution < 1.29 is 0 Å². The Bertz CT molecular complexity index is 347. The molecule has 0 amide bonds. The van der Waals surface area contributed by atoms with Crippen LogP contribution < -0.4 is 0 Å². The van der Waals surface area contributed by atoms with Gasteiger partial charge in [-0.1, -0.05) is 20.8 Å². The molecule has 0 aromatic rings. The van der Waals surface area contributed by atoms with E-state index in [0.717, 1.165) is 16.8 Å². The molecule has 0 N–H and O–H groups in total. The second-order valence-electron chi connectivity index (χ2n) is 4.68. The zero-order valence-corrected chi connectivity index (χ0v) is 9.85. The first-order valence-corrected chi connectivity index (χ1v) is 5.56. The number of hydrogen-bond donors (Lipinski definition) is 0. The molecular weight excluding hydrogens is 194 g/mol. The second kappa shape index (κ2) is 3.12. The van der Waals surface area contributed by atoms with Gasteiger partial charge in [0.1, 0.15) is 5.04 Å². The molecule has 0 unspecified atom stereocenters. The maximum atomic E-state index is 4.54. The van der Waals surface area contributed by atoms with E-state index in [2.05, 4.69) is 44.0 Å². The molecule has 0 radical (unpaired) electrons. The Morgan fingerprint density at radius 3 is 2.79 bits per heavy atom. The molecule has 2 rings (SSSR count). The average molecular weight is 209 g/mol. The fraction of sp³-hybridized carbons (Fsp3) is 0.600. The molecule has 2 aliphatic heterocycles. The monoisotopic (exact) mass is 209 g/mol. The normalized spacial score (nSPS) is 21.4. The standard InChI is InChI=1S/C10H15N3S/c1-7-5-11-9-13(6-7)12-8(14-9)10(2,3)4/h6H,5H2,1-4H3. The Labute approximate surface area is 89.0 Å². The van der Waals surface area contributed by atoms with Gasteiger partial charge in [-0.05, 0) is 24.3 Å². The predicted molar refractivity (Wildman–Crippen MR) is 62.4 cm³/mol. The summed E-state index contributed by atoms with van der Waals surface area (Å²) in [6, 6.07) is 0. The summed E-state index contributed by atoms with van der Waals surface area (Å²) in [6.45, 7) is 9.42. The molecule has 0 atom stereocenters. The third-order valence-corrected chi connectivity index (χ3v) is 3.42. The number of rotatable bonds is 0. The summed E-state index contributed by atoms with van der Waals surface area (Å²) in [5.74, 6) is 0. The van der Waals surface area contributed by atoms with E-state index in [1.165, 1.54) is 5.57 Å². The van der Waals surface area contributed by atoms with Crippen molar-refractivity contribution in [2.24, 2.45) is 15.5 Å². The summed E-state index contributed by atoms with van der Waals surface area (Å²) < 4.78 is 0. The van der Waals surface area contributed by atoms with Crippen LogP contribution in [0.15, 0.2) is 21.9 Å². The van der Waals surface area contributed by atoms with Gasteiger partial charge in [-0.3, -0.25) is 4.99 Å². The topological polar surface area (TPSA) is 28.0 Å². The van der Waals surface area contributed by atoms with Crippen LogP contribution in [-0.2, 0) is 0 Å². The van der Waals surface area contributed by atoms with Crippen molar-refractivity contribution in [3.8, 4) is 0 Å². The fourth-order valence-electron chi connectivity index (χ4n) is 1.23. The largest absolute Gasteiger partial charge is 0.256 e. The van der Waals surface area contributed by atoms with Gasteiger partial charge in [0.05, 0.1) is 6.54 Å². The average Bonchev–Trinajstić information content (AvgIpc) is 2.45. The molecule has 0 aromatic heterocycles. The summed E-state index contributed by atoms with van der Waals surface area (Å²) >= 11 is 1.68. The van der Waals surface area contributed by atoms with E-state index in [9.17, 15) is 0 Å². The molecule has 0 saturated carbocycles. The molecule has 2 aliphatic rings. The van der Waals surface area contributed by atoms with Gasteiger partial charge in [-0.2, -0.15) is 5.10 Å². The van der Waals surface area contributed by atoms with Gasteiger partial charge in [0.2, 0.25) is 0 Å². The van der Waals surface area contributed by atoms with Crippen molar-refractivity contribution in [3.05, 3.63) is 11.8 Å². The molecule has 0 aromatic carbocycles. The molecule has 76 valence electrons. The number of nitrogens with zero attached hydrogens (tertiary/aromatic N) is 3. The highest BCUT2D eigenvalue weighted by Crippen LogP contribution is 2.33. The van der Waals surface area contributed by atoms with E-state index in [1.807, 2.05) is 5.01 Å². The summed E-state index contributed by atoms with van der Waals surface area (Å²) in [7, 11) is 0. The highest BCUT2D eigenvalue weighted by molar-refractivity contribution is 8.26. The van der Waals surface area contributed by atoms with Crippen molar-refractivity contribution in [1.82, 2.24) is 5.01 Å². The van der Waals surface area contributed by atoms with Gasteiger partial charge in [0.15, 0.2) is 5.17 Å². The Hall–Kier alpha value is -0.770. The first-order chi connectivity index (χ1) is 6.47.